The van der Waals surface area contributed by atoms with E-state index < -0.39 is 17.2 Å². The molecule has 0 aliphatic carbocycles. The van der Waals surface area contributed by atoms with Gasteiger partial charge in [0.25, 0.3) is 5.09 Å². The van der Waals surface area contributed by atoms with Crippen LogP contribution in [0.4, 0.5) is 0 Å². The molecule has 206 valence electrons. The molecule has 1 atom stereocenters. The van der Waals surface area contributed by atoms with E-state index in [9.17, 15) is 14.9 Å². The predicted molar refractivity (Wildman–Crippen MR) is 145 cm³/mol. The Morgan fingerprint density at radius 1 is 0.949 bits per heavy atom. The maximum absolute atomic E-state index is 12.4. The van der Waals surface area contributed by atoms with Crippen molar-refractivity contribution >= 4 is 27.8 Å². The van der Waals surface area contributed by atoms with Crippen LogP contribution in [0.25, 0.3) is 21.8 Å². The van der Waals surface area contributed by atoms with Crippen molar-refractivity contribution in [3.8, 4) is 17.2 Å². The highest BCUT2D eigenvalue weighted by Gasteiger charge is 2.17. The monoisotopic (exact) mass is 537 g/mol. The van der Waals surface area contributed by atoms with Gasteiger partial charge in [0.05, 0.1) is 19.2 Å². The van der Waals surface area contributed by atoms with E-state index in [0.29, 0.717) is 36.9 Å². The lowest BCUT2D eigenvalue weighted by Gasteiger charge is -2.20. The lowest BCUT2D eigenvalue weighted by molar-refractivity contribution is -0.757. The Hall–Kier alpha value is -4.51. The number of para-hydroxylation sites is 3. The number of ether oxygens (including phenoxy) is 4. The molecule has 1 heterocycles. The van der Waals surface area contributed by atoms with E-state index in [2.05, 4.69) is 15.1 Å². The molecule has 3 aromatic carbocycles. The molecule has 0 saturated heterocycles. The third kappa shape index (κ3) is 7.74. The van der Waals surface area contributed by atoms with Crippen LogP contribution < -0.4 is 19.5 Å². The summed E-state index contributed by atoms with van der Waals surface area (Å²) in [6, 6.07) is 21.1. The summed E-state index contributed by atoms with van der Waals surface area (Å²) in [5.41, 5.74) is 1.94. The van der Waals surface area contributed by atoms with Crippen molar-refractivity contribution in [1.29, 1.82) is 0 Å². The van der Waals surface area contributed by atoms with E-state index in [0.717, 1.165) is 21.8 Å². The second-order valence-corrected chi connectivity index (χ2v) is 8.64. The summed E-state index contributed by atoms with van der Waals surface area (Å²) in [5.74, 6) is 1.46. The van der Waals surface area contributed by atoms with Gasteiger partial charge in [0.2, 0.25) is 0 Å². The van der Waals surface area contributed by atoms with Gasteiger partial charge in [-0.15, -0.1) is 10.1 Å². The molecule has 11 nitrogen and oxygen atoms in total. The lowest BCUT2D eigenvalue weighted by atomic mass is 10.1. The number of nitrogens with one attached hydrogen (secondary N) is 2. The molecule has 0 saturated carbocycles. The highest BCUT2D eigenvalue weighted by atomic mass is 16.9. The summed E-state index contributed by atoms with van der Waals surface area (Å²) in [5, 5.41) is 14.7. The molecule has 0 radical (unpaired) electrons. The Morgan fingerprint density at radius 2 is 1.69 bits per heavy atom. The number of carbonyl (C=O) groups excluding carboxylic acids is 1. The quantitative estimate of drug-likeness (QED) is 0.0929. The lowest BCUT2D eigenvalue weighted by Crippen LogP contribution is -2.37. The van der Waals surface area contributed by atoms with Crippen LogP contribution in [0.2, 0.25) is 0 Å². The van der Waals surface area contributed by atoms with Crippen molar-refractivity contribution in [1.82, 2.24) is 10.3 Å². The number of rotatable bonds is 16. The van der Waals surface area contributed by atoms with Gasteiger partial charge in [0, 0.05) is 35.8 Å². The number of H-pyrrole nitrogens is 1. The number of esters is 1. The molecule has 2 N–H and O–H groups in total. The van der Waals surface area contributed by atoms with E-state index in [-0.39, 0.29) is 26.1 Å². The Labute approximate surface area is 225 Å². The SMILES string of the molecule is COc1ccccc1OCCNCC(COc1cccc2[nH]c3ccccc3c12)OC(=O)CCCO[N+](=O)[O-]. The van der Waals surface area contributed by atoms with Crippen molar-refractivity contribution in [3.05, 3.63) is 76.8 Å². The molecule has 0 aliphatic heterocycles. The molecule has 0 fully saturated rings. The van der Waals surface area contributed by atoms with Crippen LogP contribution >= 0.6 is 0 Å². The van der Waals surface area contributed by atoms with E-state index in [1.807, 2.05) is 66.7 Å². The highest BCUT2D eigenvalue weighted by Crippen LogP contribution is 2.33. The van der Waals surface area contributed by atoms with Crippen LogP contribution in [0.3, 0.4) is 0 Å². The van der Waals surface area contributed by atoms with Gasteiger partial charge < -0.3 is 34.1 Å². The fourth-order valence-electron chi connectivity index (χ4n) is 4.14. The summed E-state index contributed by atoms with van der Waals surface area (Å²) < 4.78 is 22.9. The standard InChI is InChI=1S/C28H31N3O8/c1-35-24-11-4-5-12-25(24)36-17-15-29-18-20(39-27(32)14-7-16-38-31(33)34)19-37-26-13-6-10-23-28(26)21-8-2-3-9-22(21)30-23/h2-6,8-13,20,29-30H,7,14-19H2,1H3. The first kappa shape index (κ1) is 27.5. The molecule has 0 amide bonds. The molecule has 11 heteroatoms. The molecule has 0 aliphatic rings. The summed E-state index contributed by atoms with van der Waals surface area (Å²) >= 11 is 0. The largest absolute Gasteiger partial charge is 0.493 e. The van der Waals surface area contributed by atoms with Crippen LogP contribution in [-0.2, 0) is 14.4 Å². The molecular formula is C28H31N3O8. The summed E-state index contributed by atoms with van der Waals surface area (Å²) in [6.07, 6.45) is -0.456. The fraction of sp³-hybridized carbons (Fsp3) is 0.321. The van der Waals surface area contributed by atoms with Gasteiger partial charge in [0.1, 0.15) is 25.1 Å². The minimum Gasteiger partial charge on any atom is -0.493 e. The Balaban J connectivity index is 1.35. The van der Waals surface area contributed by atoms with Gasteiger partial charge in [-0.1, -0.05) is 36.4 Å². The van der Waals surface area contributed by atoms with E-state index in [1.54, 1.807) is 7.11 Å². The molecule has 1 unspecified atom stereocenters. The first-order chi connectivity index (χ1) is 19.0. The smallest absolute Gasteiger partial charge is 0.306 e. The van der Waals surface area contributed by atoms with Gasteiger partial charge in [-0.2, -0.15) is 0 Å². The Morgan fingerprint density at radius 3 is 2.51 bits per heavy atom. The Kier molecular flexibility index (Phi) is 9.79. The number of nitrogens with zero attached hydrogens (tertiary/aromatic N) is 1. The molecule has 39 heavy (non-hydrogen) atoms. The number of aromatic nitrogens is 1. The maximum Gasteiger partial charge on any atom is 0.306 e. The van der Waals surface area contributed by atoms with Crippen LogP contribution in [-0.4, -0.2) is 62.2 Å². The third-order valence-electron chi connectivity index (χ3n) is 5.91. The van der Waals surface area contributed by atoms with Crippen molar-refractivity contribution in [2.24, 2.45) is 0 Å². The van der Waals surface area contributed by atoms with Crippen molar-refractivity contribution in [2.45, 2.75) is 18.9 Å². The number of aromatic amines is 1. The fourth-order valence-corrected chi connectivity index (χ4v) is 4.14. The molecule has 0 spiro atoms. The molecular weight excluding hydrogens is 506 g/mol. The van der Waals surface area contributed by atoms with Gasteiger partial charge >= 0.3 is 5.97 Å². The predicted octanol–water partition coefficient (Wildman–Crippen LogP) is 4.28. The normalized spacial score (nSPS) is 11.7. The summed E-state index contributed by atoms with van der Waals surface area (Å²) in [4.78, 5) is 30.4. The van der Waals surface area contributed by atoms with E-state index in [4.69, 9.17) is 18.9 Å². The Bertz CT molecular complexity index is 1390. The molecule has 4 rings (SSSR count). The van der Waals surface area contributed by atoms with Gasteiger partial charge in [-0.25, -0.2) is 0 Å². The maximum atomic E-state index is 12.4. The molecule has 1 aromatic heterocycles. The van der Waals surface area contributed by atoms with E-state index in [1.165, 1.54) is 0 Å². The zero-order valence-electron chi connectivity index (χ0n) is 21.6. The second kappa shape index (κ2) is 13.9. The molecule has 0 bridgehead atoms. The summed E-state index contributed by atoms with van der Waals surface area (Å²) in [7, 11) is 1.58. The number of hydrogen-bond acceptors (Lipinski definition) is 9. The number of hydrogen-bond donors (Lipinski definition) is 2. The zero-order valence-corrected chi connectivity index (χ0v) is 21.6. The topological polar surface area (TPSA) is 134 Å². The van der Waals surface area contributed by atoms with Crippen LogP contribution in [0.1, 0.15) is 12.8 Å². The zero-order chi connectivity index (χ0) is 27.5. The van der Waals surface area contributed by atoms with Crippen molar-refractivity contribution in [3.63, 3.8) is 0 Å². The summed E-state index contributed by atoms with van der Waals surface area (Å²) in [6.45, 7) is 1.10. The van der Waals surface area contributed by atoms with Gasteiger partial charge in [-0.3, -0.25) is 4.79 Å². The van der Waals surface area contributed by atoms with Crippen molar-refractivity contribution < 1.29 is 33.7 Å². The van der Waals surface area contributed by atoms with Crippen LogP contribution in [0, 0.1) is 10.1 Å². The average Bonchev–Trinajstić information content (AvgIpc) is 3.33. The third-order valence-corrected chi connectivity index (χ3v) is 5.91. The first-order valence-electron chi connectivity index (χ1n) is 12.6. The highest BCUT2D eigenvalue weighted by molar-refractivity contribution is 6.10. The minimum atomic E-state index is -0.885. The van der Waals surface area contributed by atoms with Crippen LogP contribution in [0.15, 0.2) is 66.7 Å². The number of fused-ring (bicyclic) bond motifs is 3. The average molecular weight is 538 g/mol. The number of carbonyl (C=O) groups is 1. The second-order valence-electron chi connectivity index (χ2n) is 8.64. The van der Waals surface area contributed by atoms with Gasteiger partial charge in [-0.05, 0) is 36.8 Å². The van der Waals surface area contributed by atoms with Crippen molar-refractivity contribution in [2.75, 3.05) is 40.0 Å². The minimum absolute atomic E-state index is 0.0146. The van der Waals surface area contributed by atoms with Crippen LogP contribution in [0.5, 0.6) is 17.2 Å². The van der Waals surface area contributed by atoms with Gasteiger partial charge in [0.15, 0.2) is 11.5 Å². The first-order valence-corrected chi connectivity index (χ1v) is 12.6. The number of benzene rings is 3. The van der Waals surface area contributed by atoms with E-state index >= 15 is 0 Å². The number of methoxy groups -OCH3 is 1. The molecule has 4 aromatic rings.